The fourth-order valence-electron chi connectivity index (χ4n) is 2.99. The van der Waals surface area contributed by atoms with Gasteiger partial charge in [-0.25, -0.2) is 0 Å². The van der Waals surface area contributed by atoms with Crippen LogP contribution in [0.2, 0.25) is 0 Å². The lowest BCUT2D eigenvalue weighted by Crippen LogP contribution is -2.04. The summed E-state index contributed by atoms with van der Waals surface area (Å²) in [5.41, 5.74) is 3.59. The van der Waals surface area contributed by atoms with Gasteiger partial charge in [-0.2, -0.15) is 0 Å². The number of carbonyl (C=O) groups is 1. The van der Waals surface area contributed by atoms with Gasteiger partial charge in [-0.05, 0) is 54.8 Å². The maximum Gasteiger partial charge on any atom is 0.195 e. The van der Waals surface area contributed by atoms with Crippen LogP contribution in [0.1, 0.15) is 41.3 Å². The number of fused-ring (bicyclic) bond motifs is 1. The summed E-state index contributed by atoms with van der Waals surface area (Å²) in [6, 6.07) is 13.4. The van der Waals surface area contributed by atoms with E-state index in [1.54, 1.807) is 0 Å². The largest absolute Gasteiger partial charge is 0.494 e. The molecule has 0 amide bonds. The molecule has 0 aliphatic carbocycles. The summed E-state index contributed by atoms with van der Waals surface area (Å²) in [6.45, 7) is 2.80. The molecule has 0 fully saturated rings. The number of pyridine rings is 1. The molecule has 3 aromatic rings. The fraction of sp³-hybridized carbons (Fsp3) is 0.286. The Morgan fingerprint density at radius 3 is 2.68 bits per heavy atom. The Morgan fingerprint density at radius 2 is 1.96 bits per heavy atom. The van der Waals surface area contributed by atoms with E-state index in [0.29, 0.717) is 12.2 Å². The topological polar surface area (TPSA) is 30.7 Å². The van der Waals surface area contributed by atoms with Crippen LogP contribution in [-0.4, -0.2) is 22.1 Å². The first kappa shape index (κ1) is 17.7. The Kier molecular flexibility index (Phi) is 5.92. The minimum atomic E-state index is 0.0733. The van der Waals surface area contributed by atoms with Crippen molar-refractivity contribution in [3.8, 4) is 5.75 Å². The lowest BCUT2D eigenvalue weighted by Gasteiger charge is -2.07. The van der Waals surface area contributed by atoms with Gasteiger partial charge < -0.3 is 9.14 Å². The molecule has 0 aliphatic rings. The van der Waals surface area contributed by atoms with Crippen molar-refractivity contribution >= 4 is 27.2 Å². The number of ketones is 1. The third kappa shape index (κ3) is 3.96. The Balaban J connectivity index is 1.90. The molecule has 3 nitrogen and oxygen atoms in total. The highest BCUT2D eigenvalue weighted by molar-refractivity contribution is 9.09. The lowest BCUT2D eigenvalue weighted by atomic mass is 9.98. The predicted octanol–water partition coefficient (Wildman–Crippen LogP) is 5.29. The molecule has 0 bridgehead atoms. The van der Waals surface area contributed by atoms with Crippen LogP contribution in [-0.2, 0) is 6.42 Å². The van der Waals surface area contributed by atoms with Crippen molar-refractivity contribution in [2.45, 2.75) is 26.2 Å². The molecule has 2 aromatic heterocycles. The Hall–Kier alpha value is -2.07. The molecule has 130 valence electrons. The molecular weight excluding hydrogens is 378 g/mol. The molecule has 1 aromatic carbocycles. The average molecular weight is 400 g/mol. The van der Waals surface area contributed by atoms with Gasteiger partial charge in [0.05, 0.1) is 17.7 Å². The smallest absolute Gasteiger partial charge is 0.195 e. The maximum atomic E-state index is 13.1. The summed E-state index contributed by atoms with van der Waals surface area (Å²) in [4.78, 5) is 13.1. The molecule has 0 N–H and O–H groups in total. The summed E-state index contributed by atoms with van der Waals surface area (Å²) in [7, 11) is 0. The summed E-state index contributed by atoms with van der Waals surface area (Å²) in [6.07, 6.45) is 6.93. The minimum absolute atomic E-state index is 0.0733. The van der Waals surface area contributed by atoms with Crippen molar-refractivity contribution in [2.75, 3.05) is 11.9 Å². The Morgan fingerprint density at radius 1 is 1.16 bits per heavy atom. The highest BCUT2D eigenvalue weighted by atomic mass is 79.9. The normalized spacial score (nSPS) is 11.0. The van der Waals surface area contributed by atoms with E-state index in [-0.39, 0.29) is 5.78 Å². The van der Waals surface area contributed by atoms with Crippen molar-refractivity contribution < 1.29 is 9.53 Å². The van der Waals surface area contributed by atoms with Crippen molar-refractivity contribution in [1.29, 1.82) is 0 Å². The number of benzene rings is 1. The summed E-state index contributed by atoms with van der Waals surface area (Å²) in [5, 5.41) is 0.922. The number of aryl methyl sites for hydroxylation is 1. The van der Waals surface area contributed by atoms with Crippen LogP contribution in [0.3, 0.4) is 0 Å². The van der Waals surface area contributed by atoms with Gasteiger partial charge in [0, 0.05) is 23.3 Å². The summed E-state index contributed by atoms with van der Waals surface area (Å²) in [5.74, 6) is 0.872. The number of nitrogens with zero attached hydrogens (tertiary/aromatic N) is 1. The first-order valence-corrected chi connectivity index (χ1v) is 9.79. The van der Waals surface area contributed by atoms with Crippen molar-refractivity contribution in [3.63, 3.8) is 0 Å². The SMILES string of the molecule is CCCc1cn2ccccc2c1C(=O)c1ccc(OCCCBr)cc1. The molecule has 0 radical (unpaired) electrons. The van der Waals surface area contributed by atoms with Gasteiger partial charge in [0.2, 0.25) is 0 Å². The van der Waals surface area contributed by atoms with E-state index in [4.69, 9.17) is 4.74 Å². The monoisotopic (exact) mass is 399 g/mol. The van der Waals surface area contributed by atoms with Gasteiger partial charge in [0.1, 0.15) is 5.75 Å². The van der Waals surface area contributed by atoms with E-state index in [9.17, 15) is 4.79 Å². The summed E-state index contributed by atoms with van der Waals surface area (Å²) < 4.78 is 7.70. The fourth-order valence-corrected chi connectivity index (χ4v) is 3.22. The van der Waals surface area contributed by atoms with Gasteiger partial charge in [-0.1, -0.05) is 35.3 Å². The summed E-state index contributed by atoms with van der Waals surface area (Å²) >= 11 is 3.39. The second kappa shape index (κ2) is 8.34. The van der Waals surface area contributed by atoms with Crippen LogP contribution in [0, 0.1) is 0 Å². The third-order valence-corrected chi connectivity index (χ3v) is 4.73. The molecular formula is C21H22BrNO2. The third-order valence-electron chi connectivity index (χ3n) is 4.17. The zero-order valence-electron chi connectivity index (χ0n) is 14.4. The van der Waals surface area contributed by atoms with Crippen LogP contribution in [0.5, 0.6) is 5.75 Å². The highest BCUT2D eigenvalue weighted by Crippen LogP contribution is 2.24. The molecule has 0 aliphatic heterocycles. The molecule has 0 saturated carbocycles. The van der Waals surface area contributed by atoms with Crippen LogP contribution in [0.4, 0.5) is 0 Å². The van der Waals surface area contributed by atoms with Gasteiger partial charge in [-0.15, -0.1) is 0 Å². The number of halogens is 1. The first-order valence-electron chi connectivity index (χ1n) is 8.66. The van der Waals surface area contributed by atoms with E-state index >= 15 is 0 Å². The minimum Gasteiger partial charge on any atom is -0.494 e. The first-order chi connectivity index (χ1) is 12.2. The van der Waals surface area contributed by atoms with Crippen LogP contribution >= 0.6 is 15.9 Å². The molecule has 0 unspecified atom stereocenters. The van der Waals surface area contributed by atoms with E-state index in [1.807, 2.05) is 53.1 Å². The average Bonchev–Trinajstić information content (AvgIpc) is 3.00. The second-order valence-corrected chi connectivity index (χ2v) is 6.81. The highest BCUT2D eigenvalue weighted by Gasteiger charge is 2.18. The molecule has 0 atom stereocenters. The molecule has 3 rings (SSSR count). The van der Waals surface area contributed by atoms with Gasteiger partial charge in [0.25, 0.3) is 0 Å². The van der Waals surface area contributed by atoms with E-state index in [0.717, 1.165) is 47.0 Å². The molecule has 4 heteroatoms. The Labute approximate surface area is 156 Å². The van der Waals surface area contributed by atoms with Gasteiger partial charge in [0.15, 0.2) is 5.78 Å². The van der Waals surface area contributed by atoms with E-state index in [2.05, 4.69) is 29.1 Å². The molecule has 0 saturated heterocycles. The van der Waals surface area contributed by atoms with Crippen molar-refractivity contribution in [3.05, 3.63) is 71.5 Å². The van der Waals surface area contributed by atoms with E-state index in [1.165, 1.54) is 0 Å². The lowest BCUT2D eigenvalue weighted by molar-refractivity contribution is 0.103. The Bertz CT molecular complexity index is 852. The standard InChI is InChI=1S/C21H22BrNO2/c1-2-6-17-15-23-13-4-3-7-19(23)20(17)21(24)16-8-10-18(11-9-16)25-14-5-12-22/h3-4,7-11,13,15H,2,5-6,12,14H2,1H3. The second-order valence-electron chi connectivity index (χ2n) is 6.02. The van der Waals surface area contributed by atoms with E-state index < -0.39 is 0 Å². The van der Waals surface area contributed by atoms with Crippen molar-refractivity contribution in [1.82, 2.24) is 4.40 Å². The quantitative estimate of drug-likeness (QED) is 0.292. The van der Waals surface area contributed by atoms with Crippen LogP contribution in [0.25, 0.3) is 5.52 Å². The number of rotatable bonds is 8. The zero-order chi connectivity index (χ0) is 17.6. The van der Waals surface area contributed by atoms with Crippen LogP contribution < -0.4 is 4.74 Å². The number of aromatic nitrogens is 1. The van der Waals surface area contributed by atoms with Crippen molar-refractivity contribution in [2.24, 2.45) is 0 Å². The number of alkyl halides is 1. The number of ether oxygens (including phenoxy) is 1. The van der Waals surface area contributed by atoms with Gasteiger partial charge in [-0.3, -0.25) is 4.79 Å². The number of hydrogen-bond donors (Lipinski definition) is 0. The molecule has 2 heterocycles. The van der Waals surface area contributed by atoms with Gasteiger partial charge >= 0.3 is 0 Å². The number of carbonyl (C=O) groups excluding carboxylic acids is 1. The van der Waals surface area contributed by atoms with Crippen LogP contribution in [0.15, 0.2) is 54.9 Å². The zero-order valence-corrected chi connectivity index (χ0v) is 16.0. The predicted molar refractivity (Wildman–Crippen MR) is 105 cm³/mol. The number of hydrogen-bond acceptors (Lipinski definition) is 2. The molecule has 0 spiro atoms. The maximum absolute atomic E-state index is 13.1. The molecule has 25 heavy (non-hydrogen) atoms.